The molecule has 1 amide bonds. The third kappa shape index (κ3) is 3.23. The highest BCUT2D eigenvalue weighted by Crippen LogP contribution is 2.21. The normalized spacial score (nSPS) is 10.2. The van der Waals surface area contributed by atoms with Crippen molar-refractivity contribution in [3.63, 3.8) is 0 Å². The van der Waals surface area contributed by atoms with Crippen LogP contribution < -0.4 is 5.32 Å². The predicted molar refractivity (Wildman–Crippen MR) is 71.3 cm³/mol. The number of carbonyl (C=O) groups is 2. The zero-order valence-electron chi connectivity index (χ0n) is 10.9. The second-order valence-corrected chi connectivity index (χ2v) is 4.19. The van der Waals surface area contributed by atoms with E-state index < -0.39 is 11.9 Å². The number of aliphatic carboxylic acids is 1. The molecule has 0 fully saturated rings. The molecule has 0 unspecified atom stereocenters. The van der Waals surface area contributed by atoms with Gasteiger partial charge >= 0.3 is 5.97 Å². The van der Waals surface area contributed by atoms with Gasteiger partial charge in [0.25, 0.3) is 5.91 Å². The van der Waals surface area contributed by atoms with Gasteiger partial charge in [-0.1, -0.05) is 18.2 Å². The SMILES string of the molecule is Cc1oc(-c2ccccc2)nc1C(=O)NCCC(=O)O. The van der Waals surface area contributed by atoms with Crippen LogP contribution in [-0.4, -0.2) is 28.5 Å². The highest BCUT2D eigenvalue weighted by Gasteiger charge is 2.17. The van der Waals surface area contributed by atoms with Crippen molar-refractivity contribution in [2.75, 3.05) is 6.54 Å². The van der Waals surface area contributed by atoms with Crippen LogP contribution in [0.15, 0.2) is 34.7 Å². The summed E-state index contributed by atoms with van der Waals surface area (Å²) in [5.41, 5.74) is 0.953. The lowest BCUT2D eigenvalue weighted by Crippen LogP contribution is -2.26. The second kappa shape index (κ2) is 6.01. The highest BCUT2D eigenvalue weighted by molar-refractivity contribution is 5.93. The van der Waals surface area contributed by atoms with E-state index in [1.54, 1.807) is 6.92 Å². The number of rotatable bonds is 5. The third-order valence-electron chi connectivity index (χ3n) is 2.66. The molecule has 20 heavy (non-hydrogen) atoms. The van der Waals surface area contributed by atoms with Crippen LogP contribution >= 0.6 is 0 Å². The Labute approximate surface area is 115 Å². The molecular formula is C14H14N2O4. The number of amides is 1. The molecule has 0 radical (unpaired) electrons. The summed E-state index contributed by atoms with van der Waals surface area (Å²) >= 11 is 0. The van der Waals surface area contributed by atoms with Crippen molar-refractivity contribution in [2.45, 2.75) is 13.3 Å². The predicted octanol–water partition coefficient (Wildman–Crippen LogP) is 1.85. The summed E-state index contributed by atoms with van der Waals surface area (Å²) in [6.45, 7) is 1.70. The maximum Gasteiger partial charge on any atom is 0.305 e. The molecule has 0 atom stereocenters. The average Bonchev–Trinajstić information content (AvgIpc) is 2.81. The standard InChI is InChI=1S/C14H14N2O4/c1-9-12(13(19)15-8-7-11(17)18)16-14(20-9)10-5-3-2-4-6-10/h2-6H,7-8H2,1H3,(H,15,19)(H,17,18). The fraction of sp³-hybridized carbons (Fsp3) is 0.214. The number of aryl methyl sites for hydroxylation is 1. The maximum atomic E-state index is 11.9. The molecule has 0 aliphatic rings. The molecule has 2 rings (SSSR count). The molecule has 1 aromatic heterocycles. The van der Waals surface area contributed by atoms with E-state index in [1.807, 2.05) is 30.3 Å². The van der Waals surface area contributed by atoms with E-state index in [9.17, 15) is 9.59 Å². The Morgan fingerprint density at radius 1 is 1.30 bits per heavy atom. The first kappa shape index (κ1) is 13.8. The van der Waals surface area contributed by atoms with Crippen molar-refractivity contribution in [3.05, 3.63) is 41.8 Å². The summed E-state index contributed by atoms with van der Waals surface area (Å²) in [6.07, 6.45) is -0.131. The Morgan fingerprint density at radius 2 is 2.00 bits per heavy atom. The van der Waals surface area contributed by atoms with Crippen LogP contribution in [-0.2, 0) is 4.79 Å². The molecule has 0 aliphatic carbocycles. The smallest absolute Gasteiger partial charge is 0.305 e. The topological polar surface area (TPSA) is 92.4 Å². The van der Waals surface area contributed by atoms with Gasteiger partial charge < -0.3 is 14.8 Å². The lowest BCUT2D eigenvalue weighted by Gasteiger charge is -2.00. The number of nitrogens with zero attached hydrogens (tertiary/aromatic N) is 1. The van der Waals surface area contributed by atoms with E-state index in [1.165, 1.54) is 0 Å². The lowest BCUT2D eigenvalue weighted by molar-refractivity contribution is -0.136. The van der Waals surface area contributed by atoms with Crippen LogP contribution in [0.4, 0.5) is 0 Å². The molecule has 0 bridgehead atoms. The molecular weight excluding hydrogens is 260 g/mol. The van der Waals surface area contributed by atoms with Gasteiger partial charge in [0.2, 0.25) is 5.89 Å². The summed E-state index contributed by atoms with van der Waals surface area (Å²) in [7, 11) is 0. The van der Waals surface area contributed by atoms with Gasteiger partial charge in [-0.25, -0.2) is 4.98 Å². The van der Waals surface area contributed by atoms with Gasteiger partial charge in [-0.05, 0) is 19.1 Å². The average molecular weight is 274 g/mol. The number of benzene rings is 1. The van der Waals surface area contributed by atoms with E-state index in [-0.39, 0.29) is 18.7 Å². The van der Waals surface area contributed by atoms with E-state index >= 15 is 0 Å². The van der Waals surface area contributed by atoms with Gasteiger partial charge in [-0.2, -0.15) is 0 Å². The summed E-state index contributed by atoms with van der Waals surface area (Å²) < 4.78 is 5.46. The summed E-state index contributed by atoms with van der Waals surface area (Å²) in [5, 5.41) is 11.0. The first-order valence-electron chi connectivity index (χ1n) is 6.11. The zero-order chi connectivity index (χ0) is 14.5. The van der Waals surface area contributed by atoms with Crippen molar-refractivity contribution in [1.82, 2.24) is 10.3 Å². The number of aromatic nitrogens is 1. The Bertz CT molecular complexity index is 619. The number of nitrogens with one attached hydrogen (secondary N) is 1. The van der Waals surface area contributed by atoms with Gasteiger partial charge in [0.05, 0.1) is 6.42 Å². The molecule has 104 valence electrons. The highest BCUT2D eigenvalue weighted by atomic mass is 16.4. The first-order valence-corrected chi connectivity index (χ1v) is 6.11. The van der Waals surface area contributed by atoms with Crippen molar-refractivity contribution >= 4 is 11.9 Å². The van der Waals surface area contributed by atoms with Crippen molar-refractivity contribution in [3.8, 4) is 11.5 Å². The van der Waals surface area contributed by atoms with E-state index in [0.717, 1.165) is 5.56 Å². The number of hydrogen-bond donors (Lipinski definition) is 2. The Kier molecular flexibility index (Phi) is 4.14. The molecule has 0 aliphatic heterocycles. The van der Waals surface area contributed by atoms with Crippen molar-refractivity contribution < 1.29 is 19.1 Å². The Morgan fingerprint density at radius 3 is 2.65 bits per heavy atom. The molecule has 0 saturated heterocycles. The van der Waals surface area contributed by atoms with Gasteiger partial charge in [0.15, 0.2) is 5.69 Å². The number of oxazole rings is 1. The third-order valence-corrected chi connectivity index (χ3v) is 2.66. The zero-order valence-corrected chi connectivity index (χ0v) is 10.9. The fourth-order valence-electron chi connectivity index (χ4n) is 1.68. The quantitative estimate of drug-likeness (QED) is 0.868. The Hall–Kier alpha value is -2.63. The molecule has 1 aromatic carbocycles. The monoisotopic (exact) mass is 274 g/mol. The van der Waals surface area contributed by atoms with Crippen molar-refractivity contribution in [2.24, 2.45) is 0 Å². The van der Waals surface area contributed by atoms with Gasteiger partial charge in [-0.3, -0.25) is 9.59 Å². The second-order valence-electron chi connectivity index (χ2n) is 4.19. The maximum absolute atomic E-state index is 11.9. The van der Waals surface area contributed by atoms with E-state index in [4.69, 9.17) is 9.52 Å². The van der Waals surface area contributed by atoms with Crippen LogP contribution in [0.5, 0.6) is 0 Å². The molecule has 6 nitrogen and oxygen atoms in total. The molecule has 1 heterocycles. The van der Waals surface area contributed by atoms with Crippen LogP contribution in [0.2, 0.25) is 0 Å². The minimum atomic E-state index is -0.966. The summed E-state index contributed by atoms with van der Waals surface area (Å²) in [4.78, 5) is 26.4. The van der Waals surface area contributed by atoms with E-state index in [2.05, 4.69) is 10.3 Å². The molecule has 0 spiro atoms. The van der Waals surface area contributed by atoms with Crippen LogP contribution in [0.3, 0.4) is 0 Å². The van der Waals surface area contributed by atoms with Crippen LogP contribution in [0, 0.1) is 6.92 Å². The first-order chi connectivity index (χ1) is 9.58. The molecule has 2 aromatic rings. The van der Waals surface area contributed by atoms with Crippen LogP contribution in [0.25, 0.3) is 11.5 Å². The number of carboxylic acids is 1. The minimum absolute atomic E-state index is 0.0567. The van der Waals surface area contributed by atoms with E-state index in [0.29, 0.717) is 11.7 Å². The summed E-state index contributed by atoms with van der Waals surface area (Å²) in [6, 6.07) is 9.23. The molecule has 6 heteroatoms. The minimum Gasteiger partial charge on any atom is -0.481 e. The molecule has 0 saturated carbocycles. The lowest BCUT2D eigenvalue weighted by atomic mass is 10.2. The molecule has 2 N–H and O–H groups in total. The van der Waals surface area contributed by atoms with Gasteiger partial charge in [0, 0.05) is 12.1 Å². The largest absolute Gasteiger partial charge is 0.481 e. The summed E-state index contributed by atoms with van der Waals surface area (Å²) in [5.74, 6) is -0.634. The fourth-order valence-corrected chi connectivity index (χ4v) is 1.68. The van der Waals surface area contributed by atoms with Crippen molar-refractivity contribution in [1.29, 1.82) is 0 Å². The Balaban J connectivity index is 2.11. The van der Waals surface area contributed by atoms with Gasteiger partial charge in [0.1, 0.15) is 5.76 Å². The number of carboxylic acid groups (broad SMARTS) is 1. The van der Waals surface area contributed by atoms with Gasteiger partial charge in [-0.15, -0.1) is 0 Å². The number of carbonyl (C=O) groups excluding carboxylic acids is 1. The number of hydrogen-bond acceptors (Lipinski definition) is 4. The van der Waals surface area contributed by atoms with Crippen LogP contribution in [0.1, 0.15) is 22.7 Å².